The largest absolute Gasteiger partial charge is 0.466 e. The Morgan fingerprint density at radius 1 is 1.28 bits per heavy atom. The number of benzene rings is 1. The van der Waals surface area contributed by atoms with Crippen molar-refractivity contribution >= 4 is 11.9 Å². The van der Waals surface area contributed by atoms with Crippen molar-refractivity contribution in [2.75, 3.05) is 6.61 Å². The van der Waals surface area contributed by atoms with Crippen LogP contribution in [0.1, 0.15) is 36.2 Å². The molecule has 0 aliphatic carbocycles. The molecule has 0 amide bonds. The van der Waals surface area contributed by atoms with E-state index < -0.39 is 12.1 Å². The maximum atomic E-state index is 11.8. The molecule has 0 radical (unpaired) electrons. The fourth-order valence-electron chi connectivity index (χ4n) is 1.54. The number of esters is 2. The van der Waals surface area contributed by atoms with Crippen LogP contribution in [-0.4, -0.2) is 24.6 Å². The van der Waals surface area contributed by atoms with Crippen molar-refractivity contribution in [3.63, 3.8) is 0 Å². The van der Waals surface area contributed by atoms with Crippen LogP contribution in [0.4, 0.5) is 0 Å². The zero-order valence-electron chi connectivity index (χ0n) is 10.9. The molecule has 4 heteroatoms. The highest BCUT2D eigenvalue weighted by molar-refractivity contribution is 5.91. The van der Waals surface area contributed by atoms with Crippen molar-refractivity contribution < 1.29 is 19.1 Å². The van der Waals surface area contributed by atoms with Crippen LogP contribution in [0.25, 0.3) is 0 Å². The molecule has 0 fully saturated rings. The van der Waals surface area contributed by atoms with Gasteiger partial charge in [-0.1, -0.05) is 18.2 Å². The summed E-state index contributed by atoms with van der Waals surface area (Å²) in [6, 6.07) is 7.18. The van der Waals surface area contributed by atoms with Gasteiger partial charge in [0, 0.05) is 0 Å². The maximum absolute atomic E-state index is 11.8. The van der Waals surface area contributed by atoms with Crippen molar-refractivity contribution in [2.45, 2.75) is 33.3 Å². The van der Waals surface area contributed by atoms with Gasteiger partial charge in [0.1, 0.15) is 6.10 Å². The summed E-state index contributed by atoms with van der Waals surface area (Å²) < 4.78 is 9.99. The highest BCUT2D eigenvalue weighted by atomic mass is 16.6. The summed E-state index contributed by atoms with van der Waals surface area (Å²) in [6.07, 6.45) is -0.415. The number of rotatable bonds is 5. The third-order valence-corrected chi connectivity index (χ3v) is 2.43. The lowest BCUT2D eigenvalue weighted by atomic mass is 10.1. The van der Waals surface area contributed by atoms with Crippen molar-refractivity contribution in [2.24, 2.45) is 0 Å². The molecule has 98 valence electrons. The lowest BCUT2D eigenvalue weighted by Crippen LogP contribution is -2.20. The summed E-state index contributed by atoms with van der Waals surface area (Å²) in [5.41, 5.74) is 1.37. The Labute approximate surface area is 107 Å². The van der Waals surface area contributed by atoms with Crippen molar-refractivity contribution in [3.05, 3.63) is 35.4 Å². The molecule has 0 aliphatic heterocycles. The molecule has 4 nitrogen and oxygen atoms in total. The predicted molar refractivity (Wildman–Crippen MR) is 67.3 cm³/mol. The first-order chi connectivity index (χ1) is 8.54. The van der Waals surface area contributed by atoms with E-state index in [1.165, 1.54) is 0 Å². The zero-order chi connectivity index (χ0) is 13.5. The second kappa shape index (κ2) is 6.79. The molecule has 0 spiro atoms. The molecule has 1 unspecified atom stereocenters. The molecule has 0 aromatic heterocycles. The minimum absolute atomic E-state index is 0.0749. The summed E-state index contributed by atoms with van der Waals surface area (Å²) in [5.74, 6) is -0.771. The zero-order valence-corrected chi connectivity index (χ0v) is 10.9. The van der Waals surface area contributed by atoms with Gasteiger partial charge in [-0.25, -0.2) is 4.79 Å². The summed E-state index contributed by atoms with van der Waals surface area (Å²) in [4.78, 5) is 23.1. The second-order valence-electron chi connectivity index (χ2n) is 4.04. The fraction of sp³-hybridized carbons (Fsp3) is 0.429. The first-order valence-corrected chi connectivity index (χ1v) is 5.96. The van der Waals surface area contributed by atoms with E-state index in [0.717, 1.165) is 5.56 Å². The molecule has 1 aromatic rings. The topological polar surface area (TPSA) is 52.6 Å². The van der Waals surface area contributed by atoms with Gasteiger partial charge in [0.05, 0.1) is 18.6 Å². The highest BCUT2D eigenvalue weighted by Gasteiger charge is 2.16. The van der Waals surface area contributed by atoms with E-state index in [2.05, 4.69) is 0 Å². The summed E-state index contributed by atoms with van der Waals surface area (Å²) >= 11 is 0. The quantitative estimate of drug-likeness (QED) is 0.753. The molecule has 0 bridgehead atoms. The molecule has 0 N–H and O–H groups in total. The average Bonchev–Trinajstić information content (AvgIpc) is 2.29. The third kappa shape index (κ3) is 4.20. The Kier molecular flexibility index (Phi) is 5.36. The molecule has 1 rings (SSSR count). The van der Waals surface area contributed by atoms with Crippen LogP contribution < -0.4 is 0 Å². The van der Waals surface area contributed by atoms with Crippen LogP contribution in [-0.2, 0) is 14.3 Å². The standard InChI is InChI=1S/C14H18O4/c1-4-17-13(15)9-11(3)18-14(16)12-8-6-5-7-10(12)2/h5-8,11H,4,9H2,1-3H3. The van der Waals surface area contributed by atoms with E-state index >= 15 is 0 Å². The lowest BCUT2D eigenvalue weighted by Gasteiger charge is -2.13. The van der Waals surface area contributed by atoms with Crippen molar-refractivity contribution in [3.8, 4) is 0 Å². The summed E-state index contributed by atoms with van der Waals surface area (Å²) in [7, 11) is 0. The SMILES string of the molecule is CCOC(=O)CC(C)OC(=O)c1ccccc1C. The van der Waals surface area contributed by atoms with Crippen molar-refractivity contribution in [1.82, 2.24) is 0 Å². The van der Waals surface area contributed by atoms with E-state index in [-0.39, 0.29) is 12.4 Å². The van der Waals surface area contributed by atoms with Gasteiger partial charge in [-0.3, -0.25) is 4.79 Å². The van der Waals surface area contributed by atoms with E-state index in [9.17, 15) is 9.59 Å². The first kappa shape index (κ1) is 14.2. The van der Waals surface area contributed by atoms with E-state index in [1.807, 2.05) is 19.1 Å². The van der Waals surface area contributed by atoms with Gasteiger partial charge in [0.2, 0.25) is 0 Å². The Morgan fingerprint density at radius 3 is 2.56 bits per heavy atom. The van der Waals surface area contributed by atoms with E-state index in [4.69, 9.17) is 9.47 Å². The lowest BCUT2D eigenvalue weighted by molar-refractivity contribution is -0.145. The van der Waals surface area contributed by atoms with Gasteiger partial charge >= 0.3 is 11.9 Å². The highest BCUT2D eigenvalue weighted by Crippen LogP contribution is 2.11. The monoisotopic (exact) mass is 250 g/mol. The maximum Gasteiger partial charge on any atom is 0.338 e. The van der Waals surface area contributed by atoms with Gasteiger partial charge in [-0.15, -0.1) is 0 Å². The molecule has 18 heavy (non-hydrogen) atoms. The Hall–Kier alpha value is -1.84. The Balaban J connectivity index is 2.55. The van der Waals surface area contributed by atoms with Crippen LogP contribution in [0.2, 0.25) is 0 Å². The first-order valence-electron chi connectivity index (χ1n) is 5.96. The predicted octanol–water partition coefficient (Wildman–Crippen LogP) is 2.49. The van der Waals surface area contributed by atoms with Gasteiger partial charge in [0.25, 0.3) is 0 Å². The fourth-order valence-corrected chi connectivity index (χ4v) is 1.54. The summed E-state index contributed by atoms with van der Waals surface area (Å²) in [5, 5.41) is 0. The van der Waals surface area contributed by atoms with Crippen LogP contribution in [0.15, 0.2) is 24.3 Å². The molecular weight excluding hydrogens is 232 g/mol. The van der Waals surface area contributed by atoms with Crippen LogP contribution in [0.3, 0.4) is 0 Å². The van der Waals surface area contributed by atoms with Gasteiger partial charge < -0.3 is 9.47 Å². The second-order valence-corrected chi connectivity index (χ2v) is 4.04. The number of carbonyl (C=O) groups is 2. The van der Waals surface area contributed by atoms with Crippen LogP contribution >= 0.6 is 0 Å². The van der Waals surface area contributed by atoms with Crippen LogP contribution in [0, 0.1) is 6.92 Å². The molecule has 0 aliphatic rings. The number of hydrogen-bond acceptors (Lipinski definition) is 4. The number of aryl methyl sites for hydroxylation is 1. The molecule has 0 saturated heterocycles. The number of ether oxygens (including phenoxy) is 2. The minimum atomic E-state index is -0.490. The van der Waals surface area contributed by atoms with E-state index in [0.29, 0.717) is 12.2 Å². The summed E-state index contributed by atoms with van der Waals surface area (Å²) in [6.45, 7) is 5.58. The van der Waals surface area contributed by atoms with Gasteiger partial charge in [-0.05, 0) is 32.4 Å². The van der Waals surface area contributed by atoms with E-state index in [1.54, 1.807) is 26.0 Å². The number of carbonyl (C=O) groups excluding carboxylic acids is 2. The minimum Gasteiger partial charge on any atom is -0.466 e. The normalized spacial score (nSPS) is 11.7. The smallest absolute Gasteiger partial charge is 0.338 e. The van der Waals surface area contributed by atoms with Gasteiger partial charge in [-0.2, -0.15) is 0 Å². The molecule has 1 atom stereocenters. The molecule has 1 aromatic carbocycles. The number of hydrogen-bond donors (Lipinski definition) is 0. The average molecular weight is 250 g/mol. The molecule has 0 heterocycles. The Bertz CT molecular complexity index is 426. The molecular formula is C14H18O4. The Morgan fingerprint density at radius 2 is 1.94 bits per heavy atom. The van der Waals surface area contributed by atoms with Crippen LogP contribution in [0.5, 0.6) is 0 Å². The third-order valence-electron chi connectivity index (χ3n) is 2.43. The van der Waals surface area contributed by atoms with Gasteiger partial charge in [0.15, 0.2) is 0 Å². The molecule has 0 saturated carbocycles. The van der Waals surface area contributed by atoms with Crippen molar-refractivity contribution in [1.29, 1.82) is 0 Å².